The highest BCUT2D eigenvalue weighted by molar-refractivity contribution is 6.30. The Morgan fingerprint density at radius 2 is 2.28 bits per heavy atom. The molecule has 0 amide bonds. The monoisotopic (exact) mass is 267 g/mol. The summed E-state index contributed by atoms with van der Waals surface area (Å²) in [5.41, 5.74) is 6.70. The number of carbonyl (C=O) groups excluding carboxylic acids is 1. The maximum Gasteiger partial charge on any atom is 0.140 e. The first-order valence-corrected chi connectivity index (χ1v) is 6.58. The topological polar surface area (TPSA) is 52.3 Å². The van der Waals surface area contributed by atoms with Gasteiger partial charge < -0.3 is 10.5 Å². The van der Waals surface area contributed by atoms with E-state index in [0.717, 1.165) is 30.6 Å². The number of carbonyl (C=O) groups is 1. The molecule has 0 spiro atoms. The van der Waals surface area contributed by atoms with Crippen LogP contribution in [0.15, 0.2) is 18.2 Å². The van der Waals surface area contributed by atoms with Gasteiger partial charge in [0.1, 0.15) is 11.5 Å². The third-order valence-corrected chi connectivity index (χ3v) is 3.77. The lowest BCUT2D eigenvalue weighted by Gasteiger charge is -2.11. The summed E-state index contributed by atoms with van der Waals surface area (Å²) < 4.78 is 5.25. The number of ether oxygens (including phenoxy) is 1. The fraction of sp³-hybridized carbons (Fsp3) is 0.500. The molecule has 2 atom stereocenters. The van der Waals surface area contributed by atoms with Crippen LogP contribution in [0.3, 0.4) is 0 Å². The molecule has 1 saturated carbocycles. The van der Waals surface area contributed by atoms with Gasteiger partial charge in [0.25, 0.3) is 0 Å². The maximum atomic E-state index is 12.2. The Hall–Kier alpha value is -1.06. The van der Waals surface area contributed by atoms with Crippen LogP contribution in [-0.2, 0) is 11.2 Å². The van der Waals surface area contributed by atoms with E-state index in [1.165, 1.54) is 0 Å². The highest BCUT2D eigenvalue weighted by atomic mass is 35.5. The first-order chi connectivity index (χ1) is 8.60. The fourth-order valence-electron chi connectivity index (χ4n) is 2.53. The zero-order valence-corrected chi connectivity index (χ0v) is 11.2. The Kier molecular flexibility index (Phi) is 4.25. The van der Waals surface area contributed by atoms with Crippen molar-refractivity contribution in [2.24, 2.45) is 11.7 Å². The van der Waals surface area contributed by atoms with Crippen molar-refractivity contribution in [3.63, 3.8) is 0 Å². The largest absolute Gasteiger partial charge is 0.496 e. The molecule has 1 aliphatic carbocycles. The third kappa shape index (κ3) is 3.03. The standard InChI is InChI=1S/C14H18ClNO2/c1-18-14-5-3-11(15)6-10(14)8-13(17)9-2-4-12(16)7-9/h3,5-6,9,12H,2,4,7-8,16H2,1H3. The molecule has 0 heterocycles. The van der Waals surface area contributed by atoms with Gasteiger partial charge in [-0.2, -0.15) is 0 Å². The molecule has 18 heavy (non-hydrogen) atoms. The lowest BCUT2D eigenvalue weighted by atomic mass is 9.96. The van der Waals surface area contributed by atoms with E-state index in [0.29, 0.717) is 11.4 Å². The predicted octanol–water partition coefficient (Wildman–Crippen LogP) is 2.59. The normalized spacial score (nSPS) is 23.1. The van der Waals surface area contributed by atoms with Crippen LogP contribution in [0, 0.1) is 5.92 Å². The lowest BCUT2D eigenvalue weighted by Crippen LogP contribution is -2.19. The van der Waals surface area contributed by atoms with Crippen LogP contribution in [0.5, 0.6) is 5.75 Å². The van der Waals surface area contributed by atoms with Crippen molar-refractivity contribution in [1.82, 2.24) is 0 Å². The van der Waals surface area contributed by atoms with Gasteiger partial charge in [-0.1, -0.05) is 11.6 Å². The summed E-state index contributed by atoms with van der Waals surface area (Å²) in [5.74, 6) is 1.06. The van der Waals surface area contributed by atoms with E-state index in [9.17, 15) is 4.79 Å². The number of methoxy groups -OCH3 is 1. The molecule has 3 nitrogen and oxygen atoms in total. The average Bonchev–Trinajstić information content (AvgIpc) is 2.76. The molecule has 1 aromatic carbocycles. The number of nitrogens with two attached hydrogens (primary N) is 1. The van der Waals surface area contributed by atoms with Gasteiger partial charge in [0, 0.05) is 29.0 Å². The zero-order valence-electron chi connectivity index (χ0n) is 10.5. The molecule has 2 unspecified atom stereocenters. The number of hydrogen-bond acceptors (Lipinski definition) is 3. The molecule has 1 fully saturated rings. The van der Waals surface area contributed by atoms with Crippen molar-refractivity contribution in [3.05, 3.63) is 28.8 Å². The van der Waals surface area contributed by atoms with Crippen molar-refractivity contribution in [3.8, 4) is 5.75 Å². The second-order valence-corrected chi connectivity index (χ2v) is 5.31. The molecular formula is C14H18ClNO2. The Balaban J connectivity index is 2.09. The quantitative estimate of drug-likeness (QED) is 0.912. The molecule has 0 bridgehead atoms. The number of benzene rings is 1. The summed E-state index contributed by atoms with van der Waals surface area (Å²) in [5, 5.41) is 0.627. The Morgan fingerprint density at radius 3 is 2.89 bits per heavy atom. The summed E-state index contributed by atoms with van der Waals surface area (Å²) >= 11 is 5.95. The minimum Gasteiger partial charge on any atom is -0.496 e. The molecule has 0 aliphatic heterocycles. The van der Waals surface area contributed by atoms with E-state index in [4.69, 9.17) is 22.1 Å². The molecule has 0 radical (unpaired) electrons. The van der Waals surface area contributed by atoms with Gasteiger partial charge in [-0.15, -0.1) is 0 Å². The Labute approximate surface area is 112 Å². The van der Waals surface area contributed by atoms with E-state index >= 15 is 0 Å². The van der Waals surface area contributed by atoms with Gasteiger partial charge in [0.2, 0.25) is 0 Å². The van der Waals surface area contributed by atoms with E-state index in [1.54, 1.807) is 25.3 Å². The maximum absolute atomic E-state index is 12.2. The first kappa shape index (κ1) is 13.4. The van der Waals surface area contributed by atoms with Crippen LogP contribution in [0.25, 0.3) is 0 Å². The Bertz CT molecular complexity index is 447. The molecule has 98 valence electrons. The van der Waals surface area contributed by atoms with Crippen molar-refractivity contribution < 1.29 is 9.53 Å². The molecule has 4 heteroatoms. The molecular weight excluding hydrogens is 250 g/mol. The number of ketones is 1. The van der Waals surface area contributed by atoms with Gasteiger partial charge in [0.05, 0.1) is 7.11 Å². The average molecular weight is 268 g/mol. The van der Waals surface area contributed by atoms with Crippen molar-refractivity contribution in [1.29, 1.82) is 0 Å². The minimum absolute atomic E-state index is 0.101. The molecule has 1 aliphatic rings. The minimum atomic E-state index is 0.101. The van der Waals surface area contributed by atoms with Crippen LogP contribution < -0.4 is 10.5 Å². The number of rotatable bonds is 4. The van der Waals surface area contributed by atoms with Gasteiger partial charge >= 0.3 is 0 Å². The molecule has 1 aromatic rings. The van der Waals surface area contributed by atoms with Crippen LogP contribution in [-0.4, -0.2) is 18.9 Å². The molecule has 2 N–H and O–H groups in total. The highest BCUT2D eigenvalue weighted by Gasteiger charge is 2.28. The van der Waals surface area contributed by atoms with Gasteiger partial charge in [0.15, 0.2) is 0 Å². The summed E-state index contributed by atoms with van der Waals surface area (Å²) in [7, 11) is 1.60. The van der Waals surface area contributed by atoms with E-state index in [1.807, 2.05) is 0 Å². The second kappa shape index (κ2) is 5.72. The van der Waals surface area contributed by atoms with Crippen molar-refractivity contribution >= 4 is 17.4 Å². The highest BCUT2D eigenvalue weighted by Crippen LogP contribution is 2.29. The smallest absolute Gasteiger partial charge is 0.140 e. The fourth-order valence-corrected chi connectivity index (χ4v) is 2.72. The Morgan fingerprint density at radius 1 is 1.50 bits per heavy atom. The summed E-state index contributed by atoms with van der Waals surface area (Å²) in [4.78, 5) is 12.2. The molecule has 0 saturated heterocycles. The van der Waals surface area contributed by atoms with Crippen LogP contribution in [0.4, 0.5) is 0 Å². The van der Waals surface area contributed by atoms with Crippen molar-refractivity contribution in [2.45, 2.75) is 31.7 Å². The number of halogens is 1. The molecule has 0 aromatic heterocycles. The zero-order chi connectivity index (χ0) is 13.1. The van der Waals surface area contributed by atoms with E-state index in [-0.39, 0.29) is 17.7 Å². The van der Waals surface area contributed by atoms with E-state index in [2.05, 4.69) is 0 Å². The van der Waals surface area contributed by atoms with Crippen molar-refractivity contribution in [2.75, 3.05) is 7.11 Å². The van der Waals surface area contributed by atoms with Gasteiger partial charge in [-0.25, -0.2) is 0 Å². The van der Waals surface area contributed by atoms with E-state index < -0.39 is 0 Å². The summed E-state index contributed by atoms with van der Waals surface area (Å²) in [6, 6.07) is 5.54. The molecule has 2 rings (SSSR count). The van der Waals surface area contributed by atoms with Crippen LogP contribution in [0.2, 0.25) is 5.02 Å². The number of hydrogen-bond donors (Lipinski definition) is 1. The SMILES string of the molecule is COc1ccc(Cl)cc1CC(=O)C1CCC(N)C1. The van der Waals surface area contributed by atoms with Gasteiger partial charge in [-0.05, 0) is 37.5 Å². The first-order valence-electron chi connectivity index (χ1n) is 6.21. The number of Topliss-reactive ketones (excluding diaryl/α,β-unsaturated/α-hetero) is 1. The predicted molar refractivity (Wildman–Crippen MR) is 72.0 cm³/mol. The third-order valence-electron chi connectivity index (χ3n) is 3.54. The summed E-state index contributed by atoms with van der Waals surface area (Å²) in [6.45, 7) is 0. The lowest BCUT2D eigenvalue weighted by molar-refractivity contribution is -0.122. The second-order valence-electron chi connectivity index (χ2n) is 4.87. The van der Waals surface area contributed by atoms with Crippen LogP contribution in [0.1, 0.15) is 24.8 Å². The summed E-state index contributed by atoms with van der Waals surface area (Å²) in [6.07, 6.45) is 3.04. The van der Waals surface area contributed by atoms with Crippen LogP contribution >= 0.6 is 11.6 Å². The van der Waals surface area contributed by atoms with Gasteiger partial charge in [-0.3, -0.25) is 4.79 Å².